The Morgan fingerprint density at radius 2 is 2.28 bits per heavy atom. The lowest BCUT2D eigenvalue weighted by Crippen LogP contribution is -2.33. The molecule has 0 unspecified atom stereocenters. The second-order valence-electron chi connectivity index (χ2n) is 3.38. The fraction of sp³-hybridized carbons (Fsp3) is 0.222. The minimum absolute atomic E-state index is 0.0525. The smallest absolute Gasteiger partial charge is 0.325 e. The first-order chi connectivity index (χ1) is 8.44. The fourth-order valence-electron chi connectivity index (χ4n) is 1.37. The van der Waals surface area contributed by atoms with E-state index >= 15 is 0 Å². The Balaban J connectivity index is 2.48. The average Bonchev–Trinajstić information content (AvgIpc) is 2.33. The average molecular weight is 334 g/mol. The second-order valence-corrected chi connectivity index (χ2v) is 5.89. The monoisotopic (exact) mass is 333 g/mol. The Hall–Kier alpha value is -1.48. The number of carbonyl (C=O) groups excluding carboxylic acids is 1. The Labute approximate surface area is 112 Å². The zero-order chi connectivity index (χ0) is 13.3. The molecule has 0 aromatic carbocycles. The van der Waals surface area contributed by atoms with Gasteiger partial charge in [0.1, 0.15) is 17.8 Å². The van der Waals surface area contributed by atoms with Crippen LogP contribution >= 0.6 is 15.9 Å². The number of hydrogen-bond donors (Lipinski definition) is 0. The summed E-state index contributed by atoms with van der Waals surface area (Å²) < 4.78 is 31.9. The molecule has 2 rings (SSSR count). The molecular weight excluding hydrogens is 326 g/mol. The van der Waals surface area contributed by atoms with E-state index < -0.39 is 16.0 Å². The van der Waals surface area contributed by atoms with Crippen LogP contribution in [0.3, 0.4) is 0 Å². The van der Waals surface area contributed by atoms with Gasteiger partial charge in [-0.3, -0.25) is 4.79 Å². The largest absolute Gasteiger partial charge is 0.468 e. The Morgan fingerprint density at radius 3 is 2.94 bits per heavy atom. The third-order valence-corrected chi connectivity index (χ3v) is 3.86. The number of pyridine rings is 1. The molecule has 0 aliphatic carbocycles. The van der Waals surface area contributed by atoms with Crippen LogP contribution in [0.1, 0.15) is 0 Å². The normalized spacial score (nSPS) is 16.2. The number of nitrogens with zero attached hydrogens (tertiary/aromatic N) is 3. The van der Waals surface area contributed by atoms with Crippen molar-refractivity contribution in [3.63, 3.8) is 0 Å². The lowest BCUT2D eigenvalue weighted by Gasteiger charge is -2.22. The molecule has 1 aliphatic heterocycles. The van der Waals surface area contributed by atoms with Gasteiger partial charge in [-0.1, -0.05) is 0 Å². The number of methoxy groups -OCH3 is 1. The molecule has 9 heteroatoms. The molecule has 96 valence electrons. The van der Waals surface area contributed by atoms with Crippen LogP contribution in [0.4, 0.5) is 5.82 Å². The molecule has 0 bridgehead atoms. The summed E-state index contributed by atoms with van der Waals surface area (Å²) in [5, 5.41) is 0. The van der Waals surface area contributed by atoms with E-state index in [2.05, 4.69) is 30.0 Å². The summed E-state index contributed by atoms with van der Waals surface area (Å²) in [5.74, 6) is -0.366. The van der Waals surface area contributed by atoms with Gasteiger partial charge >= 0.3 is 5.97 Å². The highest BCUT2D eigenvalue weighted by Crippen LogP contribution is 2.29. The van der Waals surface area contributed by atoms with Gasteiger partial charge in [-0.05, 0) is 22.0 Å². The van der Waals surface area contributed by atoms with Crippen molar-refractivity contribution in [1.82, 2.24) is 4.98 Å². The number of sulfonamides is 1. The SMILES string of the molecule is COC(=O)CN1C=NS(=O)(=O)c2cc(Br)cnc21. The Morgan fingerprint density at radius 1 is 1.56 bits per heavy atom. The number of halogens is 1. The number of aromatic nitrogens is 1. The van der Waals surface area contributed by atoms with Gasteiger partial charge in [0.2, 0.25) is 0 Å². The molecule has 0 saturated heterocycles. The van der Waals surface area contributed by atoms with E-state index in [0.717, 1.165) is 6.34 Å². The maximum atomic E-state index is 11.7. The van der Waals surface area contributed by atoms with Crippen molar-refractivity contribution in [3.05, 3.63) is 16.7 Å². The Bertz CT molecular complexity index is 629. The van der Waals surface area contributed by atoms with Crippen molar-refractivity contribution in [1.29, 1.82) is 0 Å². The Kier molecular flexibility index (Phi) is 3.35. The summed E-state index contributed by atoms with van der Waals surface area (Å²) in [5.41, 5.74) is 0. The van der Waals surface area contributed by atoms with Crippen molar-refractivity contribution < 1.29 is 17.9 Å². The van der Waals surface area contributed by atoms with E-state index in [4.69, 9.17) is 0 Å². The minimum Gasteiger partial charge on any atom is -0.468 e. The lowest BCUT2D eigenvalue weighted by molar-refractivity contribution is -0.138. The molecule has 0 fully saturated rings. The van der Waals surface area contributed by atoms with Gasteiger partial charge in [0.15, 0.2) is 5.82 Å². The number of fused-ring (bicyclic) bond motifs is 1. The molecule has 1 aliphatic rings. The molecule has 1 aromatic rings. The molecule has 0 atom stereocenters. The molecule has 0 spiro atoms. The summed E-state index contributed by atoms with van der Waals surface area (Å²) >= 11 is 3.14. The summed E-state index contributed by atoms with van der Waals surface area (Å²) in [7, 11) is -2.51. The van der Waals surface area contributed by atoms with Crippen LogP contribution in [0.25, 0.3) is 0 Å². The number of esters is 1. The van der Waals surface area contributed by atoms with E-state index in [1.165, 1.54) is 24.3 Å². The van der Waals surface area contributed by atoms with Gasteiger partial charge in [-0.15, -0.1) is 4.40 Å². The van der Waals surface area contributed by atoms with Gasteiger partial charge in [0.05, 0.1) is 7.11 Å². The summed E-state index contributed by atoms with van der Waals surface area (Å²) in [4.78, 5) is 16.5. The number of ether oxygens (including phenoxy) is 1. The summed E-state index contributed by atoms with van der Waals surface area (Å²) in [6.07, 6.45) is 2.49. The second kappa shape index (κ2) is 4.65. The molecular formula is C9H8BrN3O4S. The lowest BCUT2D eigenvalue weighted by atomic mass is 10.4. The van der Waals surface area contributed by atoms with Crippen LogP contribution in [-0.4, -0.2) is 39.4 Å². The molecule has 2 heterocycles. The van der Waals surface area contributed by atoms with E-state index in [-0.39, 0.29) is 17.3 Å². The first-order valence-corrected chi connectivity index (χ1v) is 6.97. The zero-order valence-corrected chi connectivity index (χ0v) is 11.6. The predicted octanol–water partition coefficient (Wildman–Crippen LogP) is 0.554. The highest BCUT2D eigenvalue weighted by Gasteiger charge is 2.28. The van der Waals surface area contributed by atoms with E-state index in [9.17, 15) is 13.2 Å². The van der Waals surface area contributed by atoms with E-state index in [1.54, 1.807) is 0 Å². The van der Waals surface area contributed by atoms with Gasteiger partial charge in [0.25, 0.3) is 10.0 Å². The zero-order valence-electron chi connectivity index (χ0n) is 9.20. The molecule has 0 N–H and O–H groups in total. The topological polar surface area (TPSA) is 88.9 Å². The van der Waals surface area contributed by atoms with E-state index in [0.29, 0.717) is 4.47 Å². The first kappa shape index (κ1) is 13.0. The van der Waals surface area contributed by atoms with Gasteiger partial charge in [-0.25, -0.2) is 4.98 Å². The first-order valence-electron chi connectivity index (χ1n) is 4.73. The van der Waals surface area contributed by atoms with Crippen molar-refractivity contribution >= 4 is 44.1 Å². The number of anilines is 1. The van der Waals surface area contributed by atoms with Gasteiger partial charge < -0.3 is 9.64 Å². The maximum Gasteiger partial charge on any atom is 0.325 e. The predicted molar refractivity (Wildman–Crippen MR) is 67.0 cm³/mol. The van der Waals surface area contributed by atoms with Crippen molar-refractivity contribution in [2.45, 2.75) is 4.90 Å². The molecule has 0 saturated carbocycles. The quantitative estimate of drug-likeness (QED) is 0.734. The van der Waals surface area contributed by atoms with Crippen LogP contribution in [0.15, 0.2) is 26.0 Å². The third kappa shape index (κ3) is 2.36. The van der Waals surface area contributed by atoms with Crippen molar-refractivity contribution in [2.24, 2.45) is 4.40 Å². The minimum atomic E-state index is -3.76. The number of hydrogen-bond acceptors (Lipinski definition) is 6. The van der Waals surface area contributed by atoms with Crippen LogP contribution < -0.4 is 4.90 Å². The molecule has 0 radical (unpaired) electrons. The van der Waals surface area contributed by atoms with Gasteiger partial charge in [0, 0.05) is 10.7 Å². The fourth-order valence-corrected chi connectivity index (χ4v) is 2.88. The van der Waals surface area contributed by atoms with Crippen molar-refractivity contribution in [2.75, 3.05) is 18.6 Å². The van der Waals surface area contributed by atoms with Crippen molar-refractivity contribution in [3.8, 4) is 0 Å². The molecule has 7 nitrogen and oxygen atoms in total. The summed E-state index contributed by atoms with van der Waals surface area (Å²) in [6, 6.07) is 1.39. The molecule has 18 heavy (non-hydrogen) atoms. The van der Waals surface area contributed by atoms with Crippen LogP contribution in [0, 0.1) is 0 Å². The summed E-state index contributed by atoms with van der Waals surface area (Å²) in [6.45, 7) is -0.156. The standard InChI is InChI=1S/C9H8BrN3O4S/c1-17-8(14)4-13-5-12-18(15,16)7-2-6(10)3-11-9(7)13/h2-3,5H,4H2,1H3. The highest BCUT2D eigenvalue weighted by atomic mass is 79.9. The van der Waals surface area contributed by atoms with Crippen LogP contribution in [0.5, 0.6) is 0 Å². The maximum absolute atomic E-state index is 11.7. The third-order valence-electron chi connectivity index (χ3n) is 2.20. The molecule has 0 amide bonds. The van der Waals surface area contributed by atoms with Crippen LogP contribution in [0.2, 0.25) is 0 Å². The van der Waals surface area contributed by atoms with Gasteiger partial charge in [-0.2, -0.15) is 8.42 Å². The van der Waals surface area contributed by atoms with Crippen LogP contribution in [-0.2, 0) is 19.6 Å². The van der Waals surface area contributed by atoms with E-state index in [1.807, 2.05) is 0 Å². The highest BCUT2D eigenvalue weighted by molar-refractivity contribution is 9.10. The number of carbonyl (C=O) groups is 1. The number of rotatable bonds is 2. The molecule has 1 aromatic heterocycles.